The number of hydrogen-bond donors (Lipinski definition) is 2. The van der Waals surface area contributed by atoms with Gasteiger partial charge < -0.3 is 10.4 Å². The highest BCUT2D eigenvalue weighted by molar-refractivity contribution is 5.10. The Kier molecular flexibility index (Phi) is 1.08. The van der Waals surface area contributed by atoms with E-state index < -0.39 is 0 Å². The van der Waals surface area contributed by atoms with Gasteiger partial charge in [0.1, 0.15) is 0 Å². The van der Waals surface area contributed by atoms with E-state index in [2.05, 4.69) is 5.32 Å². The zero-order valence-corrected chi connectivity index (χ0v) is 5.56. The largest absolute Gasteiger partial charge is 0.391 e. The van der Waals surface area contributed by atoms with Crippen molar-refractivity contribution in [1.82, 2.24) is 5.32 Å². The van der Waals surface area contributed by atoms with Crippen LogP contribution < -0.4 is 5.32 Å². The second-order valence-electron chi connectivity index (χ2n) is 3.27. The summed E-state index contributed by atoms with van der Waals surface area (Å²) >= 11 is 0. The number of aliphatic hydroxyl groups excluding tert-OH is 1. The van der Waals surface area contributed by atoms with Gasteiger partial charge in [0.25, 0.3) is 0 Å². The first-order valence-corrected chi connectivity index (χ1v) is 3.77. The fourth-order valence-electron chi connectivity index (χ4n) is 1.75. The highest BCUT2D eigenvalue weighted by atomic mass is 16.3. The van der Waals surface area contributed by atoms with Crippen molar-refractivity contribution in [2.24, 2.45) is 0 Å². The molecule has 2 fully saturated rings. The maximum Gasteiger partial charge on any atom is 0.0734 e. The van der Waals surface area contributed by atoms with E-state index in [9.17, 15) is 5.11 Å². The highest BCUT2D eigenvalue weighted by Crippen LogP contribution is 2.35. The lowest BCUT2D eigenvalue weighted by Crippen LogP contribution is -2.35. The van der Waals surface area contributed by atoms with Crippen LogP contribution >= 0.6 is 0 Å². The Hall–Kier alpha value is -0.0800. The smallest absolute Gasteiger partial charge is 0.0734 e. The molecular weight excluding hydrogens is 114 g/mol. The molecule has 2 atom stereocenters. The van der Waals surface area contributed by atoms with Gasteiger partial charge in [0.2, 0.25) is 0 Å². The maximum absolute atomic E-state index is 9.44. The molecule has 1 aliphatic heterocycles. The van der Waals surface area contributed by atoms with Gasteiger partial charge in [-0.15, -0.1) is 0 Å². The van der Waals surface area contributed by atoms with Gasteiger partial charge in [0, 0.05) is 6.54 Å². The molecule has 0 radical (unpaired) electrons. The molecular formula is C7H13NO. The van der Waals surface area contributed by atoms with E-state index in [1.807, 2.05) is 0 Å². The minimum atomic E-state index is -0.0498. The van der Waals surface area contributed by atoms with Gasteiger partial charge in [-0.05, 0) is 12.8 Å². The van der Waals surface area contributed by atoms with Crippen LogP contribution in [0.3, 0.4) is 0 Å². The van der Waals surface area contributed by atoms with E-state index >= 15 is 0 Å². The van der Waals surface area contributed by atoms with Crippen LogP contribution in [0.5, 0.6) is 0 Å². The predicted molar refractivity (Wildman–Crippen MR) is 35.2 cm³/mol. The Labute approximate surface area is 55.3 Å². The summed E-state index contributed by atoms with van der Waals surface area (Å²) in [7, 11) is 0. The van der Waals surface area contributed by atoms with E-state index in [0.717, 1.165) is 13.0 Å². The van der Waals surface area contributed by atoms with Crippen LogP contribution in [0, 0.1) is 0 Å². The SMILES string of the molecule is O[C@H]1CCCCC12CN2. The van der Waals surface area contributed by atoms with Crippen LogP contribution in [0.15, 0.2) is 0 Å². The Morgan fingerprint density at radius 2 is 2.22 bits per heavy atom. The van der Waals surface area contributed by atoms with Crippen molar-refractivity contribution >= 4 is 0 Å². The third-order valence-corrected chi connectivity index (χ3v) is 2.62. The fourth-order valence-corrected chi connectivity index (χ4v) is 1.75. The van der Waals surface area contributed by atoms with Gasteiger partial charge in [-0.25, -0.2) is 0 Å². The lowest BCUT2D eigenvalue weighted by Gasteiger charge is -2.25. The van der Waals surface area contributed by atoms with Crippen molar-refractivity contribution in [3.8, 4) is 0 Å². The van der Waals surface area contributed by atoms with Gasteiger partial charge >= 0.3 is 0 Å². The molecule has 0 aromatic rings. The zero-order chi connectivity index (χ0) is 6.32. The molecule has 1 saturated carbocycles. The van der Waals surface area contributed by atoms with Crippen molar-refractivity contribution < 1.29 is 5.11 Å². The molecule has 2 N–H and O–H groups in total. The van der Waals surface area contributed by atoms with Crippen LogP contribution in [0.4, 0.5) is 0 Å². The van der Waals surface area contributed by atoms with E-state index in [0.29, 0.717) is 0 Å². The predicted octanol–water partition coefficient (Wildman–Crippen LogP) is 0.263. The van der Waals surface area contributed by atoms with Crippen LogP contribution in [0.2, 0.25) is 0 Å². The third kappa shape index (κ3) is 0.775. The molecule has 52 valence electrons. The number of nitrogens with one attached hydrogen (secondary N) is 1. The van der Waals surface area contributed by atoms with Crippen LogP contribution in [-0.4, -0.2) is 23.3 Å². The zero-order valence-electron chi connectivity index (χ0n) is 5.56. The average Bonchev–Trinajstić information content (AvgIpc) is 2.60. The van der Waals surface area contributed by atoms with Gasteiger partial charge in [-0.2, -0.15) is 0 Å². The Bertz CT molecular complexity index is 120. The molecule has 2 heteroatoms. The summed E-state index contributed by atoms with van der Waals surface area (Å²) in [5.41, 5.74) is 0.193. The first-order chi connectivity index (χ1) is 4.33. The molecule has 1 heterocycles. The van der Waals surface area contributed by atoms with E-state index in [4.69, 9.17) is 0 Å². The molecule has 1 saturated heterocycles. The summed E-state index contributed by atoms with van der Waals surface area (Å²) in [6, 6.07) is 0. The number of rotatable bonds is 0. The number of aliphatic hydroxyl groups is 1. The van der Waals surface area contributed by atoms with E-state index in [1.165, 1.54) is 19.3 Å². The standard InChI is InChI=1S/C7H13NO/c9-6-3-1-2-4-7(6)5-8-7/h6,8-9H,1-5H2/t6-,7?/m0/s1. The summed E-state index contributed by atoms with van der Waals surface area (Å²) in [6.07, 6.45) is 4.65. The van der Waals surface area contributed by atoms with Crippen LogP contribution in [0.1, 0.15) is 25.7 Å². The third-order valence-electron chi connectivity index (χ3n) is 2.62. The van der Waals surface area contributed by atoms with Crippen molar-refractivity contribution in [2.75, 3.05) is 6.54 Å². The van der Waals surface area contributed by atoms with Crippen molar-refractivity contribution in [3.05, 3.63) is 0 Å². The molecule has 0 aromatic heterocycles. The summed E-state index contributed by atoms with van der Waals surface area (Å²) < 4.78 is 0. The first kappa shape index (κ1) is 5.69. The molecule has 1 spiro atoms. The molecule has 2 aliphatic rings. The first-order valence-electron chi connectivity index (χ1n) is 3.77. The summed E-state index contributed by atoms with van der Waals surface area (Å²) in [5, 5.41) is 12.7. The van der Waals surface area contributed by atoms with Gasteiger partial charge in [-0.1, -0.05) is 12.8 Å². The van der Waals surface area contributed by atoms with E-state index in [1.54, 1.807) is 0 Å². The average molecular weight is 127 g/mol. The fraction of sp³-hybridized carbons (Fsp3) is 1.00. The van der Waals surface area contributed by atoms with Gasteiger partial charge in [-0.3, -0.25) is 0 Å². The normalized spacial score (nSPS) is 49.7. The molecule has 2 nitrogen and oxygen atoms in total. The van der Waals surface area contributed by atoms with Gasteiger partial charge in [0.05, 0.1) is 11.6 Å². The molecule has 0 bridgehead atoms. The van der Waals surface area contributed by atoms with E-state index in [-0.39, 0.29) is 11.6 Å². The van der Waals surface area contributed by atoms with Crippen molar-refractivity contribution in [1.29, 1.82) is 0 Å². The minimum absolute atomic E-state index is 0.0498. The Morgan fingerprint density at radius 3 is 2.67 bits per heavy atom. The molecule has 1 aliphatic carbocycles. The number of hydrogen-bond acceptors (Lipinski definition) is 2. The quantitative estimate of drug-likeness (QED) is 0.458. The van der Waals surface area contributed by atoms with Crippen LogP contribution in [-0.2, 0) is 0 Å². The summed E-state index contributed by atoms with van der Waals surface area (Å²) in [6.45, 7) is 1.05. The van der Waals surface area contributed by atoms with Gasteiger partial charge in [0.15, 0.2) is 0 Å². The molecule has 0 aromatic carbocycles. The maximum atomic E-state index is 9.44. The lowest BCUT2D eigenvalue weighted by atomic mass is 9.86. The monoisotopic (exact) mass is 127 g/mol. The highest BCUT2D eigenvalue weighted by Gasteiger charge is 2.49. The lowest BCUT2D eigenvalue weighted by molar-refractivity contribution is 0.0927. The Balaban J connectivity index is 2.03. The summed E-state index contributed by atoms with van der Waals surface area (Å²) in [5.74, 6) is 0. The second kappa shape index (κ2) is 1.70. The van der Waals surface area contributed by atoms with Crippen LogP contribution in [0.25, 0.3) is 0 Å². The topological polar surface area (TPSA) is 42.2 Å². The second-order valence-corrected chi connectivity index (χ2v) is 3.27. The molecule has 1 unspecified atom stereocenters. The molecule has 0 amide bonds. The molecule has 2 rings (SSSR count). The Morgan fingerprint density at radius 1 is 1.44 bits per heavy atom. The minimum Gasteiger partial charge on any atom is -0.391 e. The summed E-state index contributed by atoms with van der Waals surface area (Å²) in [4.78, 5) is 0. The van der Waals surface area contributed by atoms with Crippen molar-refractivity contribution in [3.63, 3.8) is 0 Å². The van der Waals surface area contributed by atoms with Crippen molar-refractivity contribution in [2.45, 2.75) is 37.3 Å². The molecule has 9 heavy (non-hydrogen) atoms.